The molecular formula is C14H16ClN3O3. The quantitative estimate of drug-likeness (QED) is 0.830. The maximum Gasteiger partial charge on any atom is 0.315 e. The highest BCUT2D eigenvalue weighted by atomic mass is 35.5. The first-order valence-corrected chi connectivity index (χ1v) is 6.98. The van der Waals surface area contributed by atoms with Crippen molar-refractivity contribution in [3.05, 3.63) is 34.3 Å². The molecule has 0 fully saturated rings. The fourth-order valence-electron chi connectivity index (χ4n) is 2.09. The van der Waals surface area contributed by atoms with Gasteiger partial charge in [-0.05, 0) is 26.0 Å². The molecular weight excluding hydrogens is 294 g/mol. The first-order valence-electron chi connectivity index (χ1n) is 6.61. The van der Waals surface area contributed by atoms with Crippen molar-refractivity contribution in [2.24, 2.45) is 0 Å². The lowest BCUT2D eigenvalue weighted by atomic mass is 10.1. The molecule has 21 heavy (non-hydrogen) atoms. The summed E-state index contributed by atoms with van der Waals surface area (Å²) in [6.45, 7) is 3.97. The third kappa shape index (κ3) is 3.16. The summed E-state index contributed by atoms with van der Waals surface area (Å²) < 4.78 is 0. The van der Waals surface area contributed by atoms with Gasteiger partial charge in [0.1, 0.15) is 0 Å². The normalized spacial score (nSPS) is 13.6. The van der Waals surface area contributed by atoms with E-state index < -0.39 is 5.91 Å². The molecule has 6 nitrogen and oxygen atoms in total. The Morgan fingerprint density at radius 1 is 1.29 bits per heavy atom. The van der Waals surface area contributed by atoms with E-state index in [1.807, 2.05) is 13.8 Å². The second-order valence-corrected chi connectivity index (χ2v) is 5.39. The molecule has 0 radical (unpaired) electrons. The van der Waals surface area contributed by atoms with Crippen LogP contribution in [0.25, 0.3) is 0 Å². The van der Waals surface area contributed by atoms with Crippen molar-refractivity contribution in [1.82, 2.24) is 15.5 Å². The summed E-state index contributed by atoms with van der Waals surface area (Å²) in [7, 11) is 0. The molecule has 2 rings (SSSR count). The van der Waals surface area contributed by atoms with E-state index in [1.165, 1.54) is 0 Å². The molecule has 1 aliphatic rings. The van der Waals surface area contributed by atoms with Gasteiger partial charge in [-0.2, -0.15) is 0 Å². The Balaban J connectivity index is 1.98. The number of amides is 4. The molecule has 0 bridgehead atoms. The van der Waals surface area contributed by atoms with Crippen LogP contribution in [0.1, 0.15) is 34.6 Å². The SMILES string of the molecule is CC(C)NC(=O)NCCN1C(=O)c2cccc(Cl)c2C1=O. The van der Waals surface area contributed by atoms with Gasteiger partial charge in [-0.25, -0.2) is 4.79 Å². The Bertz CT molecular complexity index is 601. The standard InChI is InChI=1S/C14H16ClN3O3/c1-8(2)17-14(21)16-6-7-18-12(19)9-4-3-5-10(15)11(9)13(18)20/h3-5,8H,6-7H2,1-2H3,(H2,16,17,21). The largest absolute Gasteiger partial charge is 0.336 e. The lowest BCUT2D eigenvalue weighted by molar-refractivity contribution is 0.0656. The average molecular weight is 310 g/mol. The van der Waals surface area contributed by atoms with E-state index in [4.69, 9.17) is 11.6 Å². The summed E-state index contributed by atoms with van der Waals surface area (Å²) in [5.74, 6) is -0.810. The van der Waals surface area contributed by atoms with Crippen LogP contribution < -0.4 is 10.6 Å². The fraction of sp³-hybridized carbons (Fsp3) is 0.357. The summed E-state index contributed by atoms with van der Waals surface area (Å²) in [6.07, 6.45) is 0. The zero-order chi connectivity index (χ0) is 15.6. The Labute approximate surface area is 127 Å². The van der Waals surface area contributed by atoms with E-state index in [-0.39, 0.29) is 41.7 Å². The van der Waals surface area contributed by atoms with Crippen LogP contribution in [0.15, 0.2) is 18.2 Å². The number of benzene rings is 1. The van der Waals surface area contributed by atoms with Crippen LogP contribution in [-0.4, -0.2) is 41.9 Å². The number of halogens is 1. The average Bonchev–Trinajstić information content (AvgIpc) is 2.64. The minimum atomic E-state index is -0.424. The molecule has 7 heteroatoms. The van der Waals surface area contributed by atoms with Crippen molar-refractivity contribution in [3.63, 3.8) is 0 Å². The van der Waals surface area contributed by atoms with Crippen LogP contribution in [-0.2, 0) is 0 Å². The van der Waals surface area contributed by atoms with Crippen LogP contribution >= 0.6 is 11.6 Å². The predicted molar refractivity (Wildman–Crippen MR) is 78.5 cm³/mol. The Morgan fingerprint density at radius 2 is 2.00 bits per heavy atom. The number of carbonyl (C=O) groups excluding carboxylic acids is 3. The summed E-state index contributed by atoms with van der Waals surface area (Å²) >= 11 is 5.96. The van der Waals surface area contributed by atoms with E-state index in [0.717, 1.165) is 4.90 Å². The third-order valence-corrected chi connectivity index (χ3v) is 3.30. The van der Waals surface area contributed by atoms with Gasteiger partial charge in [0, 0.05) is 19.1 Å². The second kappa shape index (κ2) is 6.13. The number of rotatable bonds is 4. The number of fused-ring (bicyclic) bond motifs is 1. The molecule has 1 aromatic carbocycles. The van der Waals surface area contributed by atoms with Crippen LogP contribution in [0.3, 0.4) is 0 Å². The first-order chi connectivity index (χ1) is 9.91. The summed E-state index contributed by atoms with van der Waals surface area (Å²) in [5.41, 5.74) is 0.537. The number of nitrogens with one attached hydrogen (secondary N) is 2. The maximum atomic E-state index is 12.2. The van der Waals surface area contributed by atoms with Gasteiger partial charge in [-0.15, -0.1) is 0 Å². The monoisotopic (exact) mass is 309 g/mol. The van der Waals surface area contributed by atoms with E-state index >= 15 is 0 Å². The molecule has 0 atom stereocenters. The fourth-order valence-corrected chi connectivity index (χ4v) is 2.35. The molecule has 1 aliphatic heterocycles. The van der Waals surface area contributed by atoms with Gasteiger partial charge in [0.2, 0.25) is 0 Å². The number of hydrogen-bond acceptors (Lipinski definition) is 3. The molecule has 0 saturated heterocycles. The molecule has 0 saturated carbocycles. The van der Waals surface area contributed by atoms with Gasteiger partial charge in [0.15, 0.2) is 0 Å². The molecule has 2 N–H and O–H groups in total. The minimum Gasteiger partial charge on any atom is -0.336 e. The third-order valence-electron chi connectivity index (χ3n) is 2.99. The van der Waals surface area contributed by atoms with Gasteiger partial charge in [-0.1, -0.05) is 17.7 Å². The van der Waals surface area contributed by atoms with E-state index in [2.05, 4.69) is 10.6 Å². The lowest BCUT2D eigenvalue weighted by Crippen LogP contribution is -2.43. The number of nitrogens with zero attached hydrogens (tertiary/aromatic N) is 1. The van der Waals surface area contributed by atoms with E-state index in [9.17, 15) is 14.4 Å². The minimum absolute atomic E-state index is 0.0168. The summed E-state index contributed by atoms with van der Waals surface area (Å²) in [5, 5.41) is 5.51. The molecule has 0 aliphatic carbocycles. The smallest absolute Gasteiger partial charge is 0.315 e. The summed E-state index contributed by atoms with van der Waals surface area (Å²) in [6, 6.07) is 4.45. The van der Waals surface area contributed by atoms with Gasteiger partial charge >= 0.3 is 6.03 Å². The highest BCUT2D eigenvalue weighted by Gasteiger charge is 2.36. The van der Waals surface area contributed by atoms with Crippen molar-refractivity contribution in [2.75, 3.05) is 13.1 Å². The molecule has 0 aromatic heterocycles. The number of hydrogen-bond donors (Lipinski definition) is 2. The van der Waals surface area contributed by atoms with Crippen LogP contribution in [0.5, 0.6) is 0 Å². The van der Waals surface area contributed by atoms with Crippen molar-refractivity contribution >= 4 is 29.4 Å². The molecule has 1 aromatic rings. The van der Waals surface area contributed by atoms with Gasteiger partial charge in [-0.3, -0.25) is 14.5 Å². The first kappa shape index (κ1) is 15.3. The van der Waals surface area contributed by atoms with Crippen LogP contribution in [0.4, 0.5) is 4.79 Å². The topological polar surface area (TPSA) is 78.5 Å². The van der Waals surface area contributed by atoms with Gasteiger partial charge in [0.05, 0.1) is 16.1 Å². The lowest BCUT2D eigenvalue weighted by Gasteiger charge is -2.15. The molecule has 112 valence electrons. The summed E-state index contributed by atoms with van der Waals surface area (Å²) in [4.78, 5) is 36.8. The van der Waals surface area contributed by atoms with Gasteiger partial charge in [0.25, 0.3) is 11.8 Å². The molecule has 1 heterocycles. The predicted octanol–water partition coefficient (Wildman–Crippen LogP) is 1.64. The van der Waals surface area contributed by atoms with Crippen molar-refractivity contribution in [3.8, 4) is 0 Å². The highest BCUT2D eigenvalue weighted by Crippen LogP contribution is 2.28. The maximum absolute atomic E-state index is 12.2. The van der Waals surface area contributed by atoms with E-state index in [1.54, 1.807) is 18.2 Å². The molecule has 0 spiro atoms. The molecule has 0 unspecified atom stereocenters. The number of imide groups is 1. The zero-order valence-electron chi connectivity index (χ0n) is 11.8. The van der Waals surface area contributed by atoms with Crippen LogP contribution in [0, 0.1) is 0 Å². The van der Waals surface area contributed by atoms with Crippen molar-refractivity contribution in [2.45, 2.75) is 19.9 Å². The Kier molecular flexibility index (Phi) is 4.47. The van der Waals surface area contributed by atoms with Crippen LogP contribution in [0.2, 0.25) is 5.02 Å². The zero-order valence-corrected chi connectivity index (χ0v) is 12.5. The highest BCUT2D eigenvalue weighted by molar-refractivity contribution is 6.37. The molecule has 4 amide bonds. The van der Waals surface area contributed by atoms with Crippen molar-refractivity contribution < 1.29 is 14.4 Å². The Morgan fingerprint density at radius 3 is 2.62 bits per heavy atom. The Hall–Kier alpha value is -2.08. The second-order valence-electron chi connectivity index (χ2n) is 4.98. The van der Waals surface area contributed by atoms with Crippen molar-refractivity contribution in [1.29, 1.82) is 0 Å². The number of urea groups is 1. The van der Waals surface area contributed by atoms with E-state index in [0.29, 0.717) is 5.56 Å². The van der Waals surface area contributed by atoms with Gasteiger partial charge < -0.3 is 10.6 Å². The number of carbonyl (C=O) groups is 3.